The zero-order valence-electron chi connectivity index (χ0n) is 27.9. The van der Waals surface area contributed by atoms with Gasteiger partial charge >= 0.3 is 0 Å². The number of aliphatic hydroxyl groups is 1. The van der Waals surface area contributed by atoms with Gasteiger partial charge in [-0.3, -0.25) is 39.0 Å². The van der Waals surface area contributed by atoms with Crippen LogP contribution in [0, 0.1) is 0 Å². The summed E-state index contributed by atoms with van der Waals surface area (Å²) in [5.74, 6) is -1.94. The first-order chi connectivity index (χ1) is 23.0. The molecule has 1 unspecified atom stereocenters. The number of anilines is 2. The van der Waals surface area contributed by atoms with Gasteiger partial charge in [0, 0.05) is 94.3 Å². The Morgan fingerprint density at radius 3 is 2.25 bits per heavy atom. The molecule has 48 heavy (non-hydrogen) atoms. The van der Waals surface area contributed by atoms with Gasteiger partial charge in [-0.2, -0.15) is 5.10 Å². The summed E-state index contributed by atoms with van der Waals surface area (Å²) in [4.78, 5) is 58.5. The molecule has 4 amide bonds. The van der Waals surface area contributed by atoms with Crippen LogP contribution >= 0.6 is 0 Å². The van der Waals surface area contributed by atoms with Gasteiger partial charge in [0.25, 0.3) is 11.8 Å². The maximum absolute atomic E-state index is 13.3. The Kier molecular flexibility index (Phi) is 8.46. The van der Waals surface area contributed by atoms with E-state index < -0.39 is 29.4 Å². The van der Waals surface area contributed by atoms with Crippen molar-refractivity contribution < 1.29 is 24.3 Å². The van der Waals surface area contributed by atoms with Crippen LogP contribution in [0.1, 0.15) is 71.9 Å². The summed E-state index contributed by atoms with van der Waals surface area (Å²) in [6, 6.07) is 8.80. The van der Waals surface area contributed by atoms with Crippen LogP contribution in [0.15, 0.2) is 36.5 Å². The van der Waals surface area contributed by atoms with E-state index in [2.05, 4.69) is 42.3 Å². The van der Waals surface area contributed by atoms with E-state index in [0.717, 1.165) is 97.9 Å². The van der Waals surface area contributed by atoms with Crippen molar-refractivity contribution in [2.75, 3.05) is 69.6 Å². The Bertz CT molecular complexity index is 1760. The van der Waals surface area contributed by atoms with Gasteiger partial charge in [0.05, 0.1) is 28.3 Å². The summed E-state index contributed by atoms with van der Waals surface area (Å²) in [7, 11) is 1.87. The summed E-state index contributed by atoms with van der Waals surface area (Å²) < 4.78 is 2.11. The second-order valence-corrected chi connectivity index (χ2v) is 14.0. The molecule has 0 bridgehead atoms. The summed E-state index contributed by atoms with van der Waals surface area (Å²) >= 11 is 0. The number of fused-ring (bicyclic) bond motifs is 2. The van der Waals surface area contributed by atoms with E-state index in [4.69, 9.17) is 5.10 Å². The molecule has 254 valence electrons. The van der Waals surface area contributed by atoms with E-state index in [1.807, 2.05) is 19.2 Å². The molecule has 4 aliphatic rings. The first kappa shape index (κ1) is 32.2. The third kappa shape index (κ3) is 6.06. The molecule has 1 aromatic heterocycles. The molecular weight excluding hydrogens is 612 g/mol. The van der Waals surface area contributed by atoms with Crippen LogP contribution in [-0.4, -0.2) is 119 Å². The number of piperidine rings is 2. The highest BCUT2D eigenvalue weighted by Crippen LogP contribution is 2.34. The largest absolute Gasteiger partial charge is 0.388 e. The van der Waals surface area contributed by atoms with E-state index in [1.165, 1.54) is 0 Å². The van der Waals surface area contributed by atoms with Crippen molar-refractivity contribution in [3.8, 4) is 0 Å². The van der Waals surface area contributed by atoms with Gasteiger partial charge in [-0.25, -0.2) is 0 Å². The molecule has 3 N–H and O–H groups in total. The van der Waals surface area contributed by atoms with Crippen LogP contribution in [0.5, 0.6) is 0 Å². The second-order valence-electron chi connectivity index (χ2n) is 14.0. The van der Waals surface area contributed by atoms with Crippen LogP contribution in [-0.2, 0) is 15.2 Å². The third-order valence-electron chi connectivity index (χ3n) is 10.4. The van der Waals surface area contributed by atoms with Crippen molar-refractivity contribution in [2.24, 2.45) is 0 Å². The molecule has 3 fully saturated rings. The van der Waals surface area contributed by atoms with E-state index in [0.29, 0.717) is 17.2 Å². The van der Waals surface area contributed by atoms with E-state index in [1.54, 1.807) is 26.0 Å². The van der Waals surface area contributed by atoms with Crippen LogP contribution in [0.2, 0.25) is 0 Å². The molecular formula is C35H44N8O5. The molecule has 13 nitrogen and oxygen atoms in total. The number of amides is 4. The van der Waals surface area contributed by atoms with E-state index in [9.17, 15) is 24.3 Å². The van der Waals surface area contributed by atoms with E-state index >= 15 is 0 Å². The maximum atomic E-state index is 13.3. The first-order valence-electron chi connectivity index (χ1n) is 17.0. The number of aromatic nitrogens is 2. The van der Waals surface area contributed by atoms with Gasteiger partial charge in [0.1, 0.15) is 6.04 Å². The van der Waals surface area contributed by atoms with Gasteiger partial charge in [-0.1, -0.05) is 0 Å². The maximum Gasteiger partial charge on any atom is 0.262 e. The predicted molar refractivity (Wildman–Crippen MR) is 181 cm³/mol. The fourth-order valence-corrected chi connectivity index (χ4v) is 7.57. The molecule has 0 saturated carbocycles. The standard InChI is InChI=1S/C35H44N8O5/c1-35(2,48)27-20-28-22(18-29(27)36-3)21-42(38-28)23-8-10-39(11-9-23)12-13-40-14-16-41(17-15-40)24-4-5-25-26(19-24)34(47)43(33(25)46)30-6-7-31(44)37-32(30)45/h4-5,18-21,23,30,36,48H,6-17H2,1-3H3,(H,37,44,45). The lowest BCUT2D eigenvalue weighted by Crippen LogP contribution is -2.54. The topological polar surface area (TPSA) is 143 Å². The highest BCUT2D eigenvalue weighted by molar-refractivity contribution is 6.23. The molecule has 1 atom stereocenters. The number of likely N-dealkylation sites (tertiary alicyclic amines) is 1. The van der Waals surface area contributed by atoms with Gasteiger partial charge in [-0.15, -0.1) is 0 Å². The quantitative estimate of drug-likeness (QED) is 0.309. The lowest BCUT2D eigenvalue weighted by molar-refractivity contribution is -0.136. The second kappa shape index (κ2) is 12.6. The summed E-state index contributed by atoms with van der Waals surface area (Å²) in [5.41, 5.74) is 3.23. The third-order valence-corrected chi connectivity index (χ3v) is 10.4. The van der Waals surface area contributed by atoms with Crippen molar-refractivity contribution in [3.63, 3.8) is 0 Å². The van der Waals surface area contributed by atoms with Crippen LogP contribution in [0.3, 0.4) is 0 Å². The number of hydrogen-bond acceptors (Lipinski definition) is 10. The molecule has 3 aromatic rings. The molecule has 3 saturated heterocycles. The summed E-state index contributed by atoms with van der Waals surface area (Å²) in [6.45, 7) is 11.1. The number of piperazine rings is 1. The van der Waals surface area contributed by atoms with Crippen LogP contribution < -0.4 is 15.5 Å². The van der Waals surface area contributed by atoms with Gasteiger partial charge in [0.2, 0.25) is 11.8 Å². The number of hydrogen-bond donors (Lipinski definition) is 3. The van der Waals surface area contributed by atoms with Crippen molar-refractivity contribution in [3.05, 3.63) is 53.2 Å². The Morgan fingerprint density at radius 2 is 1.58 bits per heavy atom. The van der Waals surface area contributed by atoms with Crippen LogP contribution in [0.4, 0.5) is 11.4 Å². The molecule has 0 aliphatic carbocycles. The molecule has 13 heteroatoms. The average molecular weight is 657 g/mol. The molecule has 7 rings (SSSR count). The molecule has 5 heterocycles. The van der Waals surface area contributed by atoms with Crippen molar-refractivity contribution in [1.29, 1.82) is 0 Å². The fourth-order valence-electron chi connectivity index (χ4n) is 7.57. The van der Waals surface area contributed by atoms with Gasteiger partial charge in [0.15, 0.2) is 0 Å². The van der Waals surface area contributed by atoms with Gasteiger partial charge < -0.3 is 20.2 Å². The molecule has 0 radical (unpaired) electrons. The SMILES string of the molecule is CNc1cc2cn(C3CCN(CCN4CCN(c5ccc6c(c5)C(=O)N(C5CCC(=O)NC5=O)C6=O)CC4)CC3)nc2cc1C(C)(C)O. The Balaban J connectivity index is 0.894. The summed E-state index contributed by atoms with van der Waals surface area (Å²) in [5, 5.41) is 22.1. The number of benzene rings is 2. The Labute approximate surface area is 279 Å². The summed E-state index contributed by atoms with van der Waals surface area (Å²) in [6.07, 6.45) is 4.46. The van der Waals surface area contributed by atoms with Crippen molar-refractivity contribution in [2.45, 2.75) is 57.2 Å². The van der Waals surface area contributed by atoms with Crippen molar-refractivity contribution >= 4 is 45.9 Å². The minimum absolute atomic E-state index is 0.102. The lowest BCUT2D eigenvalue weighted by Gasteiger charge is -2.38. The number of nitrogens with zero attached hydrogens (tertiary/aromatic N) is 6. The number of carbonyl (C=O) groups is 4. The van der Waals surface area contributed by atoms with Crippen LogP contribution in [0.25, 0.3) is 10.9 Å². The highest BCUT2D eigenvalue weighted by atomic mass is 16.3. The van der Waals surface area contributed by atoms with E-state index in [-0.39, 0.29) is 18.7 Å². The Hall–Kier alpha value is -4.33. The number of rotatable bonds is 8. The zero-order chi connectivity index (χ0) is 33.7. The smallest absolute Gasteiger partial charge is 0.262 e. The fraction of sp³-hybridized carbons (Fsp3) is 0.514. The Morgan fingerprint density at radius 1 is 0.896 bits per heavy atom. The monoisotopic (exact) mass is 656 g/mol. The predicted octanol–water partition coefficient (Wildman–Crippen LogP) is 2.17. The first-order valence-corrected chi connectivity index (χ1v) is 17.0. The molecule has 0 spiro atoms. The highest BCUT2D eigenvalue weighted by Gasteiger charge is 2.44. The minimum atomic E-state index is -0.959. The van der Waals surface area contributed by atoms with Gasteiger partial charge in [-0.05, 0) is 63.4 Å². The zero-order valence-corrected chi connectivity index (χ0v) is 27.9. The lowest BCUT2D eigenvalue weighted by atomic mass is 9.95. The number of imide groups is 2. The average Bonchev–Trinajstić information content (AvgIpc) is 3.60. The number of carbonyl (C=O) groups excluding carboxylic acids is 4. The number of nitrogens with one attached hydrogen (secondary N) is 2. The van der Waals surface area contributed by atoms with Crippen molar-refractivity contribution in [1.82, 2.24) is 29.8 Å². The normalized spacial score (nSPS) is 21.7. The minimum Gasteiger partial charge on any atom is -0.388 e. The molecule has 2 aromatic carbocycles. The molecule has 4 aliphatic heterocycles.